The number of aliphatic hydroxyl groups is 1. The van der Waals surface area contributed by atoms with Crippen LogP contribution in [0.5, 0.6) is 5.75 Å². The van der Waals surface area contributed by atoms with Gasteiger partial charge in [0, 0.05) is 11.4 Å². The highest BCUT2D eigenvalue weighted by Crippen LogP contribution is 2.20. The van der Waals surface area contributed by atoms with Crippen molar-refractivity contribution in [3.63, 3.8) is 0 Å². The molecule has 2 aromatic carbocycles. The topological polar surface area (TPSA) is 76.4 Å². The largest absolute Gasteiger partial charge is 0.490 e. The first-order valence-electron chi connectivity index (χ1n) is 8.80. The number of rotatable bonds is 7. The molecule has 2 N–H and O–H groups in total. The van der Waals surface area contributed by atoms with Gasteiger partial charge in [0.1, 0.15) is 18.5 Å². The van der Waals surface area contributed by atoms with Crippen LogP contribution in [0.3, 0.4) is 0 Å². The number of carbonyl (C=O) groups is 1. The Labute approximate surface area is 158 Å². The van der Waals surface area contributed by atoms with Gasteiger partial charge in [-0.3, -0.25) is 9.48 Å². The molecule has 0 radical (unpaired) electrons. The highest BCUT2D eigenvalue weighted by atomic mass is 16.5. The summed E-state index contributed by atoms with van der Waals surface area (Å²) in [7, 11) is 0. The Morgan fingerprint density at radius 2 is 1.85 bits per heavy atom. The Morgan fingerprint density at radius 3 is 2.56 bits per heavy atom. The number of anilines is 1. The highest BCUT2D eigenvalue weighted by Gasteiger charge is 2.15. The van der Waals surface area contributed by atoms with Crippen molar-refractivity contribution in [1.29, 1.82) is 0 Å². The molecule has 140 valence electrons. The quantitative estimate of drug-likeness (QED) is 0.674. The van der Waals surface area contributed by atoms with E-state index in [1.807, 2.05) is 50.2 Å². The van der Waals surface area contributed by atoms with Gasteiger partial charge in [0.15, 0.2) is 0 Å². The molecule has 0 spiro atoms. The summed E-state index contributed by atoms with van der Waals surface area (Å²) in [5.74, 6) is 0.170. The molecule has 27 heavy (non-hydrogen) atoms. The maximum absolute atomic E-state index is 12.6. The van der Waals surface area contributed by atoms with E-state index in [9.17, 15) is 9.90 Å². The maximum atomic E-state index is 12.6. The van der Waals surface area contributed by atoms with Crippen LogP contribution in [0, 0.1) is 13.8 Å². The lowest BCUT2D eigenvalue weighted by molar-refractivity contribution is 0.0867. The number of aryl methyl sites for hydroxylation is 2. The number of aliphatic hydroxyl groups excluding tert-OH is 1. The van der Waals surface area contributed by atoms with E-state index in [2.05, 4.69) is 10.4 Å². The van der Waals surface area contributed by atoms with Crippen molar-refractivity contribution in [2.45, 2.75) is 26.5 Å². The number of benzene rings is 2. The Kier molecular flexibility index (Phi) is 5.88. The zero-order valence-electron chi connectivity index (χ0n) is 15.4. The summed E-state index contributed by atoms with van der Waals surface area (Å²) in [6, 6.07) is 18.2. The molecule has 0 aliphatic heterocycles. The molecule has 3 aromatic rings. The van der Waals surface area contributed by atoms with E-state index in [1.165, 1.54) is 0 Å². The standard InChI is InChI=1S/C21H23N3O3/c1-15-12-16(2)24(23-15)13-18(25)14-27-20-11-7-6-10-19(20)21(26)22-17-8-4-3-5-9-17/h3-12,18,25H,13-14H2,1-2H3,(H,22,26)/t18-/m1/s1. The van der Waals surface area contributed by atoms with Crippen molar-refractivity contribution in [3.05, 3.63) is 77.6 Å². The van der Waals surface area contributed by atoms with Gasteiger partial charge in [0.2, 0.25) is 0 Å². The summed E-state index contributed by atoms with van der Waals surface area (Å²) in [6.07, 6.45) is -0.742. The number of ether oxygens (including phenoxy) is 1. The molecule has 0 unspecified atom stereocenters. The second-order valence-corrected chi connectivity index (χ2v) is 6.39. The summed E-state index contributed by atoms with van der Waals surface area (Å²) in [4.78, 5) is 12.6. The van der Waals surface area contributed by atoms with Crippen LogP contribution in [0.25, 0.3) is 0 Å². The van der Waals surface area contributed by atoms with E-state index in [1.54, 1.807) is 28.9 Å². The maximum Gasteiger partial charge on any atom is 0.259 e. The third-order valence-corrected chi connectivity index (χ3v) is 4.08. The van der Waals surface area contributed by atoms with Crippen LogP contribution in [0.1, 0.15) is 21.7 Å². The molecular formula is C21H23N3O3. The molecule has 1 aromatic heterocycles. The van der Waals surface area contributed by atoms with Crippen molar-refractivity contribution < 1.29 is 14.6 Å². The van der Waals surface area contributed by atoms with E-state index in [-0.39, 0.29) is 12.5 Å². The fourth-order valence-corrected chi connectivity index (χ4v) is 2.80. The minimum absolute atomic E-state index is 0.0635. The van der Waals surface area contributed by atoms with Crippen LogP contribution in [-0.2, 0) is 6.54 Å². The Hall–Kier alpha value is -3.12. The third kappa shape index (κ3) is 4.95. The van der Waals surface area contributed by atoms with E-state index in [0.717, 1.165) is 11.4 Å². The average Bonchev–Trinajstić information content (AvgIpc) is 2.98. The molecule has 6 heteroatoms. The van der Waals surface area contributed by atoms with Gasteiger partial charge in [-0.1, -0.05) is 30.3 Å². The fourth-order valence-electron chi connectivity index (χ4n) is 2.80. The van der Waals surface area contributed by atoms with E-state index >= 15 is 0 Å². The number of para-hydroxylation sites is 2. The predicted octanol–water partition coefficient (Wildman–Crippen LogP) is 3.19. The number of nitrogens with zero attached hydrogens (tertiary/aromatic N) is 2. The number of nitrogens with one attached hydrogen (secondary N) is 1. The lowest BCUT2D eigenvalue weighted by Gasteiger charge is -2.15. The van der Waals surface area contributed by atoms with Gasteiger partial charge in [0.05, 0.1) is 17.8 Å². The van der Waals surface area contributed by atoms with Gasteiger partial charge in [-0.25, -0.2) is 0 Å². The summed E-state index contributed by atoms with van der Waals surface area (Å²) >= 11 is 0. The van der Waals surface area contributed by atoms with Crippen LogP contribution < -0.4 is 10.1 Å². The molecule has 6 nitrogen and oxygen atoms in total. The summed E-state index contributed by atoms with van der Waals surface area (Å²) in [5.41, 5.74) is 3.01. The second kappa shape index (κ2) is 8.51. The predicted molar refractivity (Wildman–Crippen MR) is 104 cm³/mol. The molecule has 1 atom stereocenters. The van der Waals surface area contributed by atoms with Crippen molar-refractivity contribution in [3.8, 4) is 5.75 Å². The molecule has 0 bridgehead atoms. The normalized spacial score (nSPS) is 11.8. The second-order valence-electron chi connectivity index (χ2n) is 6.39. The van der Waals surface area contributed by atoms with Gasteiger partial charge >= 0.3 is 0 Å². The molecule has 0 aliphatic rings. The molecule has 0 saturated carbocycles. The van der Waals surface area contributed by atoms with Crippen molar-refractivity contribution in [1.82, 2.24) is 9.78 Å². The number of hydrogen-bond donors (Lipinski definition) is 2. The number of amides is 1. The van der Waals surface area contributed by atoms with Crippen molar-refractivity contribution >= 4 is 11.6 Å². The van der Waals surface area contributed by atoms with Crippen LogP contribution in [0.15, 0.2) is 60.7 Å². The lowest BCUT2D eigenvalue weighted by Crippen LogP contribution is -2.25. The number of carbonyl (C=O) groups excluding carboxylic acids is 1. The molecule has 0 saturated heterocycles. The van der Waals surface area contributed by atoms with Crippen LogP contribution >= 0.6 is 0 Å². The first-order valence-corrected chi connectivity index (χ1v) is 8.80. The van der Waals surface area contributed by atoms with Crippen LogP contribution in [-0.4, -0.2) is 33.5 Å². The Balaban J connectivity index is 1.63. The zero-order valence-corrected chi connectivity index (χ0v) is 15.4. The first kappa shape index (κ1) is 18.7. The molecule has 1 amide bonds. The monoisotopic (exact) mass is 365 g/mol. The van der Waals surface area contributed by atoms with Gasteiger partial charge in [-0.2, -0.15) is 5.10 Å². The summed E-state index contributed by atoms with van der Waals surface area (Å²) in [5, 5.41) is 17.5. The molecule has 0 fully saturated rings. The van der Waals surface area contributed by atoms with E-state index < -0.39 is 6.10 Å². The number of hydrogen-bond acceptors (Lipinski definition) is 4. The SMILES string of the molecule is Cc1cc(C)n(C[C@@H](O)COc2ccccc2C(=O)Nc2ccccc2)n1. The minimum Gasteiger partial charge on any atom is -0.490 e. The third-order valence-electron chi connectivity index (χ3n) is 4.08. The highest BCUT2D eigenvalue weighted by molar-refractivity contribution is 6.06. The Morgan fingerprint density at radius 1 is 1.15 bits per heavy atom. The molecule has 1 heterocycles. The molecule has 0 aliphatic carbocycles. The van der Waals surface area contributed by atoms with Crippen molar-refractivity contribution in [2.75, 3.05) is 11.9 Å². The lowest BCUT2D eigenvalue weighted by atomic mass is 10.2. The van der Waals surface area contributed by atoms with Gasteiger partial charge in [-0.05, 0) is 44.2 Å². The smallest absolute Gasteiger partial charge is 0.259 e. The van der Waals surface area contributed by atoms with Gasteiger partial charge < -0.3 is 15.2 Å². The minimum atomic E-state index is -0.742. The van der Waals surface area contributed by atoms with Crippen LogP contribution in [0.4, 0.5) is 5.69 Å². The van der Waals surface area contributed by atoms with Crippen LogP contribution in [0.2, 0.25) is 0 Å². The van der Waals surface area contributed by atoms with Gasteiger partial charge in [0.25, 0.3) is 5.91 Å². The number of aromatic nitrogens is 2. The van der Waals surface area contributed by atoms with E-state index in [0.29, 0.717) is 23.5 Å². The Bertz CT molecular complexity index is 906. The summed E-state index contributed by atoms with van der Waals surface area (Å²) in [6.45, 7) is 4.25. The molecule has 3 rings (SSSR count). The van der Waals surface area contributed by atoms with Gasteiger partial charge in [-0.15, -0.1) is 0 Å². The average molecular weight is 365 g/mol. The molecular weight excluding hydrogens is 342 g/mol. The van der Waals surface area contributed by atoms with E-state index in [4.69, 9.17) is 4.74 Å². The zero-order chi connectivity index (χ0) is 19.2. The van der Waals surface area contributed by atoms with Crippen molar-refractivity contribution in [2.24, 2.45) is 0 Å². The fraction of sp³-hybridized carbons (Fsp3) is 0.238. The summed E-state index contributed by atoms with van der Waals surface area (Å²) < 4.78 is 7.47. The first-order chi connectivity index (χ1) is 13.0.